The highest BCUT2D eigenvalue weighted by Crippen LogP contribution is 2.34. The summed E-state index contributed by atoms with van der Waals surface area (Å²) in [5, 5.41) is 0. The Morgan fingerprint density at radius 2 is 2.00 bits per heavy atom. The van der Waals surface area contributed by atoms with Gasteiger partial charge in [0, 0.05) is 17.8 Å². The van der Waals surface area contributed by atoms with E-state index < -0.39 is 0 Å². The number of carbonyl (C=O) groups is 1. The molecule has 0 saturated heterocycles. The monoisotopic (exact) mass is 323 g/mol. The van der Waals surface area contributed by atoms with Gasteiger partial charge in [0.2, 0.25) is 0 Å². The quantitative estimate of drug-likeness (QED) is 0.772. The Balaban J connectivity index is 1.95. The zero-order valence-corrected chi connectivity index (χ0v) is 13.9. The second kappa shape index (κ2) is 7.21. The Morgan fingerprint density at radius 3 is 2.67 bits per heavy atom. The average molecular weight is 323 g/mol. The van der Waals surface area contributed by atoms with Gasteiger partial charge in [-0.15, -0.1) is 0 Å². The molecule has 2 heterocycles. The van der Waals surface area contributed by atoms with Crippen LogP contribution in [0, 0.1) is 0 Å². The standard InChI is InChI=1S/C20H21NO3/c1-3-23-20(22)19-15(2)21(14-17-10-7-13-24-17)12-11-18(19)16-8-5-4-6-9-16/h4-13,18H,3,14H2,1-2H3/t18-/m0/s1. The maximum atomic E-state index is 12.6. The van der Waals surface area contributed by atoms with Crippen LogP contribution in [0.5, 0.6) is 0 Å². The Kier molecular flexibility index (Phi) is 4.85. The third-order valence-electron chi connectivity index (χ3n) is 4.15. The van der Waals surface area contributed by atoms with E-state index >= 15 is 0 Å². The van der Waals surface area contributed by atoms with Gasteiger partial charge < -0.3 is 14.1 Å². The fourth-order valence-electron chi connectivity index (χ4n) is 2.94. The number of hydrogen-bond acceptors (Lipinski definition) is 4. The first-order valence-electron chi connectivity index (χ1n) is 8.11. The Bertz CT molecular complexity index is 744. The molecular formula is C20H21NO3. The van der Waals surface area contributed by atoms with Crippen molar-refractivity contribution in [3.8, 4) is 0 Å². The third kappa shape index (κ3) is 3.27. The van der Waals surface area contributed by atoms with Crippen molar-refractivity contribution >= 4 is 5.97 Å². The lowest BCUT2D eigenvalue weighted by Crippen LogP contribution is -2.26. The molecule has 0 radical (unpaired) electrons. The van der Waals surface area contributed by atoms with Crippen molar-refractivity contribution in [3.05, 3.63) is 83.6 Å². The van der Waals surface area contributed by atoms with Crippen LogP contribution in [0.4, 0.5) is 0 Å². The van der Waals surface area contributed by atoms with Gasteiger partial charge in [0.05, 0.1) is 25.0 Å². The zero-order valence-electron chi connectivity index (χ0n) is 13.9. The van der Waals surface area contributed by atoms with Crippen LogP contribution >= 0.6 is 0 Å². The molecule has 24 heavy (non-hydrogen) atoms. The summed E-state index contributed by atoms with van der Waals surface area (Å²) in [6, 6.07) is 13.8. The maximum Gasteiger partial charge on any atom is 0.336 e. The molecule has 0 spiro atoms. The number of benzene rings is 1. The predicted molar refractivity (Wildman–Crippen MR) is 91.9 cm³/mol. The molecule has 1 aliphatic rings. The number of rotatable bonds is 5. The minimum absolute atomic E-state index is 0.0990. The van der Waals surface area contributed by atoms with E-state index in [1.54, 1.807) is 6.26 Å². The van der Waals surface area contributed by atoms with Crippen molar-refractivity contribution in [2.24, 2.45) is 0 Å². The Hall–Kier alpha value is -2.75. The fraction of sp³-hybridized carbons (Fsp3) is 0.250. The fourth-order valence-corrected chi connectivity index (χ4v) is 2.94. The number of esters is 1. The molecule has 0 N–H and O–H groups in total. The highest BCUT2D eigenvalue weighted by atomic mass is 16.5. The van der Waals surface area contributed by atoms with Crippen LogP contribution in [0.25, 0.3) is 0 Å². The second-order valence-electron chi connectivity index (χ2n) is 5.66. The van der Waals surface area contributed by atoms with Crippen LogP contribution < -0.4 is 0 Å². The van der Waals surface area contributed by atoms with Crippen LogP contribution in [-0.4, -0.2) is 17.5 Å². The molecule has 1 aromatic carbocycles. The van der Waals surface area contributed by atoms with E-state index in [0.29, 0.717) is 18.7 Å². The van der Waals surface area contributed by atoms with E-state index in [4.69, 9.17) is 9.15 Å². The first-order chi connectivity index (χ1) is 11.7. The Morgan fingerprint density at radius 1 is 1.21 bits per heavy atom. The van der Waals surface area contributed by atoms with Crippen molar-refractivity contribution < 1.29 is 13.9 Å². The smallest absolute Gasteiger partial charge is 0.336 e. The van der Waals surface area contributed by atoms with Gasteiger partial charge in [-0.3, -0.25) is 0 Å². The molecule has 0 unspecified atom stereocenters. The molecule has 0 saturated carbocycles. The van der Waals surface area contributed by atoms with Gasteiger partial charge in [-0.25, -0.2) is 4.79 Å². The summed E-state index contributed by atoms with van der Waals surface area (Å²) in [7, 11) is 0. The van der Waals surface area contributed by atoms with Crippen molar-refractivity contribution in [1.82, 2.24) is 4.90 Å². The molecule has 1 atom stereocenters. The molecule has 0 bridgehead atoms. The van der Waals surface area contributed by atoms with Crippen molar-refractivity contribution in [3.63, 3.8) is 0 Å². The molecule has 124 valence electrons. The third-order valence-corrected chi connectivity index (χ3v) is 4.15. The summed E-state index contributed by atoms with van der Waals surface area (Å²) in [5.41, 5.74) is 2.65. The summed E-state index contributed by atoms with van der Waals surface area (Å²) in [4.78, 5) is 14.6. The van der Waals surface area contributed by atoms with Crippen LogP contribution in [-0.2, 0) is 16.1 Å². The lowest BCUT2D eigenvalue weighted by molar-refractivity contribution is -0.138. The van der Waals surface area contributed by atoms with E-state index in [1.807, 2.05) is 73.5 Å². The largest absolute Gasteiger partial charge is 0.467 e. The van der Waals surface area contributed by atoms with E-state index in [1.165, 1.54) is 0 Å². The lowest BCUT2D eigenvalue weighted by atomic mass is 9.87. The molecule has 0 aliphatic carbocycles. The first-order valence-corrected chi connectivity index (χ1v) is 8.11. The van der Waals surface area contributed by atoms with Gasteiger partial charge in [-0.05, 0) is 31.5 Å². The average Bonchev–Trinajstić information content (AvgIpc) is 3.10. The van der Waals surface area contributed by atoms with E-state index in [2.05, 4.69) is 0 Å². The van der Waals surface area contributed by atoms with E-state index in [9.17, 15) is 4.79 Å². The summed E-state index contributed by atoms with van der Waals surface area (Å²) < 4.78 is 10.7. The number of carbonyl (C=O) groups excluding carboxylic acids is 1. The number of furan rings is 1. The SMILES string of the molecule is CCOC(=O)C1=C(C)N(Cc2ccco2)C=C[C@H]1c1ccccc1. The van der Waals surface area contributed by atoms with Crippen molar-refractivity contribution in [2.75, 3.05) is 6.61 Å². The summed E-state index contributed by atoms with van der Waals surface area (Å²) in [6.45, 7) is 4.72. The molecule has 0 fully saturated rings. The van der Waals surface area contributed by atoms with Gasteiger partial charge in [-0.1, -0.05) is 36.4 Å². The predicted octanol–water partition coefficient (Wildman–Crippen LogP) is 4.23. The number of allylic oxidation sites excluding steroid dienone is 2. The molecule has 4 nitrogen and oxygen atoms in total. The minimum atomic E-state index is -0.266. The summed E-state index contributed by atoms with van der Waals surface area (Å²) in [5.74, 6) is 0.483. The summed E-state index contributed by atoms with van der Waals surface area (Å²) in [6.07, 6.45) is 5.71. The molecular weight excluding hydrogens is 302 g/mol. The molecule has 1 aliphatic heterocycles. The number of nitrogens with zero attached hydrogens (tertiary/aromatic N) is 1. The van der Waals surface area contributed by atoms with Gasteiger partial charge in [0.1, 0.15) is 5.76 Å². The van der Waals surface area contributed by atoms with E-state index in [0.717, 1.165) is 17.0 Å². The molecule has 2 aromatic rings. The number of hydrogen-bond donors (Lipinski definition) is 0. The molecule has 3 rings (SSSR count). The minimum Gasteiger partial charge on any atom is -0.467 e. The van der Waals surface area contributed by atoms with Crippen LogP contribution in [0.2, 0.25) is 0 Å². The second-order valence-corrected chi connectivity index (χ2v) is 5.66. The zero-order chi connectivity index (χ0) is 16.9. The topological polar surface area (TPSA) is 42.7 Å². The molecule has 1 aromatic heterocycles. The van der Waals surface area contributed by atoms with Gasteiger partial charge in [0.25, 0.3) is 0 Å². The normalized spacial score (nSPS) is 17.2. The molecule has 4 heteroatoms. The maximum absolute atomic E-state index is 12.6. The van der Waals surface area contributed by atoms with E-state index in [-0.39, 0.29) is 11.9 Å². The Labute approximate surface area is 142 Å². The van der Waals surface area contributed by atoms with Gasteiger partial charge >= 0.3 is 5.97 Å². The van der Waals surface area contributed by atoms with Gasteiger partial charge in [-0.2, -0.15) is 0 Å². The number of ether oxygens (including phenoxy) is 1. The van der Waals surface area contributed by atoms with Crippen LogP contribution in [0.3, 0.4) is 0 Å². The first kappa shape index (κ1) is 16.1. The van der Waals surface area contributed by atoms with Crippen LogP contribution in [0.15, 0.2) is 76.7 Å². The van der Waals surface area contributed by atoms with Crippen molar-refractivity contribution in [1.29, 1.82) is 0 Å². The highest BCUT2D eigenvalue weighted by Gasteiger charge is 2.29. The summed E-state index contributed by atoms with van der Waals surface area (Å²) >= 11 is 0. The van der Waals surface area contributed by atoms with Crippen molar-refractivity contribution in [2.45, 2.75) is 26.3 Å². The van der Waals surface area contributed by atoms with Gasteiger partial charge in [0.15, 0.2) is 0 Å². The lowest BCUT2D eigenvalue weighted by Gasteiger charge is -2.30. The highest BCUT2D eigenvalue weighted by molar-refractivity contribution is 5.92. The molecule has 0 amide bonds. The van der Waals surface area contributed by atoms with Crippen LogP contribution in [0.1, 0.15) is 31.1 Å².